The van der Waals surface area contributed by atoms with Crippen molar-refractivity contribution in [1.82, 2.24) is 5.32 Å². The molecule has 0 saturated carbocycles. The lowest BCUT2D eigenvalue weighted by Crippen LogP contribution is -2.25. The first-order valence-corrected chi connectivity index (χ1v) is 7.11. The van der Waals surface area contributed by atoms with Crippen molar-refractivity contribution >= 4 is 5.91 Å². The number of rotatable bonds is 2. The summed E-state index contributed by atoms with van der Waals surface area (Å²) in [5.74, 6) is 0.00127. The Hall–Kier alpha value is -2.44. The number of carbonyl (C=O) groups is 1. The summed E-state index contributed by atoms with van der Waals surface area (Å²) in [6, 6.07) is 5.67. The van der Waals surface area contributed by atoms with E-state index in [4.69, 9.17) is 4.74 Å². The Bertz CT molecular complexity index is 662. The number of hydrogen-bond acceptors (Lipinski definition) is 3. The van der Waals surface area contributed by atoms with E-state index in [2.05, 4.69) is 10.1 Å². The summed E-state index contributed by atoms with van der Waals surface area (Å²) in [5.41, 5.74) is 1.27. The molecule has 1 amide bonds. The van der Waals surface area contributed by atoms with Crippen LogP contribution in [0.15, 0.2) is 47.7 Å². The molecule has 1 N–H and O–H groups in total. The zero-order valence-electron chi connectivity index (χ0n) is 12.0. The topological polar surface area (TPSA) is 47.6 Å². The minimum absolute atomic E-state index is 0.0962. The Morgan fingerprint density at radius 2 is 1.96 bits per heavy atom. The Balaban J connectivity index is 1.79. The standard InChI is InChI=1S/C16H14F3NO3/c17-16(18,19)23-12-4-1-10(2-5-12)11-3-6-14-13(9-11)15(21)20-7-8-22-14/h1-2,4-6,9,11H,3,7-8H2,(H,20,21). The maximum Gasteiger partial charge on any atom is 0.573 e. The summed E-state index contributed by atoms with van der Waals surface area (Å²) in [7, 11) is 0. The van der Waals surface area contributed by atoms with Gasteiger partial charge in [-0.1, -0.05) is 18.2 Å². The molecule has 1 saturated heterocycles. The van der Waals surface area contributed by atoms with Gasteiger partial charge in [-0.3, -0.25) is 4.79 Å². The molecular formula is C16H14F3NO3. The van der Waals surface area contributed by atoms with Crippen LogP contribution >= 0.6 is 0 Å². The number of fused-ring (bicyclic) bond motifs is 1. The number of hydrogen-bond donors (Lipinski definition) is 1. The van der Waals surface area contributed by atoms with Gasteiger partial charge < -0.3 is 14.8 Å². The largest absolute Gasteiger partial charge is 0.573 e. The third-order valence-corrected chi connectivity index (χ3v) is 3.62. The van der Waals surface area contributed by atoms with E-state index in [1.807, 2.05) is 6.08 Å². The SMILES string of the molecule is O=C1NCCOC2=CCC(c3ccc(OC(F)(F)F)cc3)C=C12. The predicted molar refractivity (Wildman–Crippen MR) is 75.6 cm³/mol. The van der Waals surface area contributed by atoms with Crippen molar-refractivity contribution in [1.29, 1.82) is 0 Å². The van der Waals surface area contributed by atoms with Crippen LogP contribution in [0.3, 0.4) is 0 Å². The second kappa shape index (κ2) is 5.98. The highest BCUT2D eigenvalue weighted by Gasteiger charge is 2.31. The molecule has 0 aromatic heterocycles. The zero-order chi connectivity index (χ0) is 16.4. The molecule has 1 atom stereocenters. The molecule has 1 unspecified atom stereocenters. The van der Waals surface area contributed by atoms with E-state index in [1.54, 1.807) is 18.2 Å². The van der Waals surface area contributed by atoms with Gasteiger partial charge in [-0.15, -0.1) is 13.2 Å². The fourth-order valence-electron chi connectivity index (χ4n) is 2.59. The van der Waals surface area contributed by atoms with E-state index in [0.717, 1.165) is 5.56 Å². The number of alkyl halides is 3. The molecule has 0 spiro atoms. The molecule has 23 heavy (non-hydrogen) atoms. The molecule has 122 valence electrons. The van der Waals surface area contributed by atoms with Gasteiger partial charge in [0.25, 0.3) is 5.91 Å². The molecule has 1 fully saturated rings. The van der Waals surface area contributed by atoms with Crippen molar-refractivity contribution in [3.05, 3.63) is 53.3 Å². The number of halogens is 3. The lowest BCUT2D eigenvalue weighted by molar-refractivity contribution is -0.274. The van der Waals surface area contributed by atoms with Crippen molar-refractivity contribution in [3.8, 4) is 5.75 Å². The first-order valence-electron chi connectivity index (χ1n) is 7.11. The van der Waals surface area contributed by atoms with Gasteiger partial charge in [-0.2, -0.15) is 0 Å². The summed E-state index contributed by atoms with van der Waals surface area (Å²) in [5, 5.41) is 2.73. The van der Waals surface area contributed by atoms with E-state index >= 15 is 0 Å². The van der Waals surface area contributed by atoms with Crippen molar-refractivity contribution in [2.75, 3.05) is 13.2 Å². The van der Waals surface area contributed by atoms with Crippen LogP contribution in [0, 0.1) is 0 Å². The molecular weight excluding hydrogens is 311 g/mol. The number of benzene rings is 1. The Kier molecular flexibility index (Phi) is 4.02. The molecule has 0 bridgehead atoms. The van der Waals surface area contributed by atoms with Crippen LogP contribution in [-0.2, 0) is 9.53 Å². The first-order chi connectivity index (χ1) is 10.9. The summed E-state index contributed by atoms with van der Waals surface area (Å²) in [4.78, 5) is 12.0. The van der Waals surface area contributed by atoms with Gasteiger partial charge in [0, 0.05) is 5.92 Å². The number of amides is 1. The molecule has 1 aliphatic carbocycles. The van der Waals surface area contributed by atoms with Gasteiger partial charge in [0.05, 0.1) is 12.1 Å². The zero-order valence-corrected chi connectivity index (χ0v) is 12.0. The minimum atomic E-state index is -4.71. The summed E-state index contributed by atoms with van der Waals surface area (Å²) < 4.78 is 45.8. The Morgan fingerprint density at radius 3 is 2.65 bits per heavy atom. The molecule has 2 aliphatic rings. The first kappa shape index (κ1) is 15.5. The lowest BCUT2D eigenvalue weighted by Gasteiger charge is -2.20. The van der Waals surface area contributed by atoms with E-state index in [1.165, 1.54) is 12.1 Å². The molecule has 0 radical (unpaired) electrons. The minimum Gasteiger partial charge on any atom is -0.491 e. The van der Waals surface area contributed by atoms with Crippen LogP contribution in [0.2, 0.25) is 0 Å². The number of ether oxygens (including phenoxy) is 2. The van der Waals surface area contributed by atoms with Crippen LogP contribution in [0.5, 0.6) is 5.75 Å². The maximum absolute atomic E-state index is 12.2. The van der Waals surface area contributed by atoms with Crippen LogP contribution in [0.1, 0.15) is 17.9 Å². The molecule has 3 rings (SSSR count). The van der Waals surface area contributed by atoms with Crippen LogP contribution in [0.25, 0.3) is 0 Å². The van der Waals surface area contributed by atoms with Gasteiger partial charge in [0.15, 0.2) is 0 Å². The summed E-state index contributed by atoms with van der Waals surface area (Å²) in [6.07, 6.45) is -0.464. The monoisotopic (exact) mass is 325 g/mol. The molecule has 7 heteroatoms. The van der Waals surface area contributed by atoms with Gasteiger partial charge in [0.2, 0.25) is 0 Å². The average molecular weight is 325 g/mol. The second-order valence-corrected chi connectivity index (χ2v) is 5.21. The Morgan fingerprint density at radius 1 is 1.22 bits per heavy atom. The maximum atomic E-state index is 12.2. The summed E-state index contributed by atoms with van der Waals surface area (Å²) in [6.45, 7) is 0.866. The van der Waals surface area contributed by atoms with E-state index in [0.29, 0.717) is 30.9 Å². The van der Waals surface area contributed by atoms with Gasteiger partial charge in [-0.05, 0) is 30.2 Å². The van der Waals surface area contributed by atoms with Crippen molar-refractivity contribution in [3.63, 3.8) is 0 Å². The smallest absolute Gasteiger partial charge is 0.491 e. The molecule has 1 aromatic rings. The third-order valence-electron chi connectivity index (χ3n) is 3.62. The quantitative estimate of drug-likeness (QED) is 0.909. The summed E-state index contributed by atoms with van der Waals surface area (Å²) >= 11 is 0. The lowest BCUT2D eigenvalue weighted by atomic mass is 9.88. The fourth-order valence-corrected chi connectivity index (χ4v) is 2.59. The number of nitrogens with one attached hydrogen (secondary N) is 1. The van der Waals surface area contributed by atoms with E-state index in [9.17, 15) is 18.0 Å². The third kappa shape index (κ3) is 3.67. The van der Waals surface area contributed by atoms with Crippen molar-refractivity contribution in [2.24, 2.45) is 0 Å². The van der Waals surface area contributed by atoms with Crippen LogP contribution < -0.4 is 10.1 Å². The molecule has 1 aliphatic heterocycles. The van der Waals surface area contributed by atoms with Gasteiger partial charge in [-0.25, -0.2) is 0 Å². The predicted octanol–water partition coefficient (Wildman–Crippen LogP) is 3.03. The highest BCUT2D eigenvalue weighted by atomic mass is 19.4. The van der Waals surface area contributed by atoms with E-state index in [-0.39, 0.29) is 17.6 Å². The average Bonchev–Trinajstić information content (AvgIpc) is 2.68. The normalized spacial score (nSPS) is 21.2. The second-order valence-electron chi connectivity index (χ2n) is 5.21. The fraction of sp³-hybridized carbons (Fsp3) is 0.312. The number of allylic oxidation sites excluding steroid dienone is 2. The van der Waals surface area contributed by atoms with E-state index < -0.39 is 6.36 Å². The number of carbonyl (C=O) groups excluding carboxylic acids is 1. The van der Waals surface area contributed by atoms with Gasteiger partial charge in [0.1, 0.15) is 18.1 Å². The van der Waals surface area contributed by atoms with Crippen molar-refractivity contribution in [2.45, 2.75) is 18.7 Å². The van der Waals surface area contributed by atoms with Crippen molar-refractivity contribution < 1.29 is 27.4 Å². The molecule has 4 nitrogen and oxygen atoms in total. The highest BCUT2D eigenvalue weighted by Crippen LogP contribution is 2.33. The molecule has 1 heterocycles. The van der Waals surface area contributed by atoms with Crippen LogP contribution in [0.4, 0.5) is 13.2 Å². The Labute approximate surface area is 130 Å². The molecule has 1 aromatic carbocycles. The van der Waals surface area contributed by atoms with Crippen LogP contribution in [-0.4, -0.2) is 25.4 Å². The van der Waals surface area contributed by atoms with Gasteiger partial charge >= 0.3 is 6.36 Å². The highest BCUT2D eigenvalue weighted by molar-refractivity contribution is 5.97.